The number of halogens is 1. The minimum atomic E-state index is -0.392. The molecule has 3 heteroatoms. The van der Waals surface area contributed by atoms with Gasteiger partial charge >= 0.3 is 5.97 Å². The average Bonchev–Trinajstić information content (AvgIpc) is 2.27. The molecule has 0 heterocycles. The largest absolute Gasteiger partial charge is 0.465 e. The van der Waals surface area contributed by atoms with Crippen molar-refractivity contribution in [3.05, 3.63) is 42.0 Å². The van der Waals surface area contributed by atoms with Crippen molar-refractivity contribution in [1.82, 2.24) is 0 Å². The van der Waals surface area contributed by atoms with Crippen LogP contribution >= 0.6 is 15.9 Å². The molecule has 0 saturated heterocycles. The highest BCUT2D eigenvalue weighted by Gasteiger charge is 2.08. The second-order valence-electron chi connectivity index (χ2n) is 2.80. The molecule has 0 aromatic heterocycles. The molecule has 0 aliphatic carbocycles. The van der Waals surface area contributed by atoms with Gasteiger partial charge in [0.05, 0.1) is 12.7 Å². The summed E-state index contributed by atoms with van der Waals surface area (Å²) in [6.45, 7) is 3.66. The van der Waals surface area contributed by atoms with Gasteiger partial charge in [-0.25, -0.2) is 4.79 Å². The van der Waals surface area contributed by atoms with Crippen LogP contribution in [0.3, 0.4) is 0 Å². The number of carbonyl (C=O) groups is 1. The number of benzene rings is 1. The quantitative estimate of drug-likeness (QED) is 0.471. The minimum absolute atomic E-state index is 0.383. The Morgan fingerprint density at radius 3 is 2.43 bits per heavy atom. The number of methoxy groups -OCH3 is 1. The van der Waals surface area contributed by atoms with Gasteiger partial charge in [0.25, 0.3) is 0 Å². The smallest absolute Gasteiger partial charge is 0.337 e. The highest BCUT2D eigenvalue weighted by molar-refractivity contribution is 9.08. The summed E-state index contributed by atoms with van der Waals surface area (Å²) in [6.07, 6.45) is 0. The fraction of sp³-hybridized carbons (Fsp3) is 0.182. The van der Waals surface area contributed by atoms with E-state index < -0.39 is 5.97 Å². The SMILES string of the molecule is C=C(C(=O)OC)c1ccc(CBr)cc1. The van der Waals surface area contributed by atoms with E-state index in [0.717, 1.165) is 16.5 Å². The second-order valence-corrected chi connectivity index (χ2v) is 3.36. The van der Waals surface area contributed by atoms with E-state index in [4.69, 9.17) is 0 Å². The van der Waals surface area contributed by atoms with Crippen molar-refractivity contribution < 1.29 is 9.53 Å². The molecule has 0 unspecified atom stereocenters. The summed E-state index contributed by atoms with van der Waals surface area (Å²) >= 11 is 3.35. The lowest BCUT2D eigenvalue weighted by Gasteiger charge is -2.03. The summed E-state index contributed by atoms with van der Waals surface area (Å²) in [5, 5.41) is 0.804. The maximum atomic E-state index is 11.1. The lowest BCUT2D eigenvalue weighted by atomic mass is 10.1. The molecule has 0 amide bonds. The van der Waals surface area contributed by atoms with Crippen LogP contribution in [-0.4, -0.2) is 13.1 Å². The highest BCUT2D eigenvalue weighted by Crippen LogP contribution is 2.15. The second kappa shape index (κ2) is 4.96. The van der Waals surface area contributed by atoms with E-state index in [9.17, 15) is 4.79 Å². The van der Waals surface area contributed by atoms with Crippen LogP contribution in [0.2, 0.25) is 0 Å². The average molecular weight is 255 g/mol. The molecule has 2 nitrogen and oxygen atoms in total. The van der Waals surface area contributed by atoms with Crippen molar-refractivity contribution in [3.63, 3.8) is 0 Å². The molecule has 14 heavy (non-hydrogen) atoms. The summed E-state index contributed by atoms with van der Waals surface area (Å²) in [5.74, 6) is -0.392. The molecule has 0 atom stereocenters. The third-order valence-corrected chi connectivity index (χ3v) is 2.54. The molecule has 1 rings (SSSR count). The van der Waals surface area contributed by atoms with E-state index in [-0.39, 0.29) is 0 Å². The van der Waals surface area contributed by atoms with Crippen molar-refractivity contribution in [3.8, 4) is 0 Å². The Labute approximate surface area is 91.7 Å². The summed E-state index contributed by atoms with van der Waals surface area (Å²) in [6, 6.07) is 7.60. The van der Waals surface area contributed by atoms with Crippen LogP contribution in [0, 0.1) is 0 Å². The standard InChI is InChI=1S/C11H11BrO2/c1-8(11(13)14-2)10-5-3-9(7-12)4-6-10/h3-6H,1,7H2,2H3. The Balaban J connectivity index is 2.87. The molecule has 0 bridgehead atoms. The van der Waals surface area contributed by atoms with Crippen molar-refractivity contribution >= 4 is 27.5 Å². The van der Waals surface area contributed by atoms with E-state index in [0.29, 0.717) is 5.57 Å². The molecule has 1 aromatic carbocycles. The molecule has 74 valence electrons. The Bertz CT molecular complexity index is 341. The van der Waals surface area contributed by atoms with E-state index in [2.05, 4.69) is 27.2 Å². The zero-order chi connectivity index (χ0) is 10.6. The zero-order valence-electron chi connectivity index (χ0n) is 7.92. The third kappa shape index (κ3) is 2.45. The topological polar surface area (TPSA) is 26.3 Å². The Hall–Kier alpha value is -1.09. The van der Waals surface area contributed by atoms with Crippen LogP contribution < -0.4 is 0 Å². The molecule has 0 spiro atoms. The fourth-order valence-corrected chi connectivity index (χ4v) is 1.41. The number of esters is 1. The molecule has 0 N–H and O–H groups in total. The van der Waals surface area contributed by atoms with E-state index in [1.807, 2.05) is 24.3 Å². The minimum Gasteiger partial charge on any atom is -0.465 e. The Kier molecular flexibility index (Phi) is 3.89. The van der Waals surface area contributed by atoms with E-state index in [1.165, 1.54) is 7.11 Å². The third-order valence-electron chi connectivity index (χ3n) is 1.89. The van der Waals surface area contributed by atoms with E-state index in [1.54, 1.807) is 0 Å². The Morgan fingerprint density at radius 1 is 1.43 bits per heavy atom. The first-order chi connectivity index (χ1) is 6.69. The molecule has 0 radical (unpaired) electrons. The van der Waals surface area contributed by atoms with Crippen molar-refractivity contribution in [2.24, 2.45) is 0 Å². The van der Waals surface area contributed by atoms with Crippen molar-refractivity contribution in [1.29, 1.82) is 0 Å². The summed E-state index contributed by atoms with van der Waals surface area (Å²) in [5.41, 5.74) is 2.33. The maximum absolute atomic E-state index is 11.1. The summed E-state index contributed by atoms with van der Waals surface area (Å²) < 4.78 is 4.58. The van der Waals surface area contributed by atoms with Crippen LogP contribution in [-0.2, 0) is 14.9 Å². The number of alkyl halides is 1. The van der Waals surface area contributed by atoms with E-state index >= 15 is 0 Å². The first-order valence-corrected chi connectivity index (χ1v) is 5.23. The van der Waals surface area contributed by atoms with Gasteiger partial charge in [0.15, 0.2) is 0 Å². The monoisotopic (exact) mass is 254 g/mol. The van der Waals surface area contributed by atoms with Gasteiger partial charge in [-0.15, -0.1) is 0 Å². The van der Waals surface area contributed by atoms with Gasteiger partial charge in [-0.3, -0.25) is 0 Å². The Morgan fingerprint density at radius 2 is 2.00 bits per heavy atom. The summed E-state index contributed by atoms with van der Waals surface area (Å²) in [7, 11) is 1.35. The van der Waals surface area contributed by atoms with Gasteiger partial charge in [0, 0.05) is 5.33 Å². The predicted molar refractivity (Wildman–Crippen MR) is 60.1 cm³/mol. The van der Waals surface area contributed by atoms with Crippen LogP contribution in [0.5, 0.6) is 0 Å². The number of ether oxygens (including phenoxy) is 1. The van der Waals surface area contributed by atoms with Crippen molar-refractivity contribution in [2.45, 2.75) is 5.33 Å². The molecule has 0 aliphatic heterocycles. The maximum Gasteiger partial charge on any atom is 0.337 e. The number of rotatable bonds is 3. The van der Waals surface area contributed by atoms with Crippen LogP contribution in [0.25, 0.3) is 5.57 Å². The molecular formula is C11H11BrO2. The lowest BCUT2D eigenvalue weighted by molar-refractivity contribution is -0.133. The van der Waals surface area contributed by atoms with Crippen LogP contribution in [0.1, 0.15) is 11.1 Å². The van der Waals surface area contributed by atoms with Crippen LogP contribution in [0.15, 0.2) is 30.8 Å². The molecular weight excluding hydrogens is 244 g/mol. The highest BCUT2D eigenvalue weighted by atomic mass is 79.9. The normalized spacial score (nSPS) is 9.57. The predicted octanol–water partition coefficient (Wildman–Crippen LogP) is 2.77. The van der Waals surface area contributed by atoms with Gasteiger partial charge in [-0.05, 0) is 11.1 Å². The van der Waals surface area contributed by atoms with Crippen molar-refractivity contribution in [2.75, 3.05) is 7.11 Å². The summed E-state index contributed by atoms with van der Waals surface area (Å²) in [4.78, 5) is 11.1. The molecule has 1 aromatic rings. The molecule has 0 aliphatic rings. The number of hydrogen-bond acceptors (Lipinski definition) is 2. The molecule has 0 fully saturated rings. The fourth-order valence-electron chi connectivity index (χ4n) is 1.04. The van der Waals surface area contributed by atoms with Gasteiger partial charge in [-0.1, -0.05) is 46.8 Å². The van der Waals surface area contributed by atoms with Crippen LogP contribution in [0.4, 0.5) is 0 Å². The van der Waals surface area contributed by atoms with Gasteiger partial charge in [0.1, 0.15) is 0 Å². The first kappa shape index (κ1) is 11.0. The number of hydrogen-bond donors (Lipinski definition) is 0. The lowest BCUT2D eigenvalue weighted by Crippen LogP contribution is -2.02. The van der Waals surface area contributed by atoms with Gasteiger partial charge in [-0.2, -0.15) is 0 Å². The molecule has 0 saturated carbocycles. The van der Waals surface area contributed by atoms with Gasteiger partial charge < -0.3 is 4.74 Å². The van der Waals surface area contributed by atoms with Gasteiger partial charge in [0.2, 0.25) is 0 Å². The first-order valence-electron chi connectivity index (χ1n) is 4.11. The number of carbonyl (C=O) groups excluding carboxylic acids is 1. The zero-order valence-corrected chi connectivity index (χ0v) is 9.50.